The standard InChI is InChI=1S/C40H59NO11.CH4O3S.CH4/c1-19-11-24-5-7-28-20(2)12-26(45-28)9-10-40-17-33-36(51-40)37-38(50-33)39(52-40)35-29(49-37)8-6-25(47-35)13-22(42)14-27-31(16-30(46-24)21(19)3)48-32(34(27)44-4)15-23(43)18-41;1-5(2,3)4;/h19,23-39,43H,2-3,5-18,41H2,1,4H3;1H3,(H,2,3,4);1H4/t19-,23+,24+,25-,26+,27+,28+,29+,30-,31+,32-,33-,34-,35+,36+,37+,38-,39+,40+;;/m1../s1. The number of ketones is 1. The minimum absolute atomic E-state index is 0. The molecule has 10 aliphatic heterocycles. The number of Topliss-reactive ketones (excluding diaryl/α,β-unsaturated/α-hetero) is 1. The highest BCUT2D eigenvalue weighted by Gasteiger charge is 2.68. The largest absolute Gasteiger partial charge is 0.392 e. The summed E-state index contributed by atoms with van der Waals surface area (Å²) in [7, 11) is -2.01. The van der Waals surface area contributed by atoms with Crippen LogP contribution in [0.1, 0.15) is 97.8 Å². The van der Waals surface area contributed by atoms with Crippen molar-refractivity contribution in [1.29, 1.82) is 0 Å². The molecule has 0 radical (unpaired) electrons. The van der Waals surface area contributed by atoms with Crippen LogP contribution in [0.15, 0.2) is 24.3 Å². The molecular weight excluding hydrogens is 775 g/mol. The molecule has 0 aliphatic carbocycles. The van der Waals surface area contributed by atoms with E-state index in [1.54, 1.807) is 7.11 Å². The third kappa shape index (κ3) is 9.35. The maximum atomic E-state index is 14.1. The summed E-state index contributed by atoms with van der Waals surface area (Å²) < 4.78 is 85.9. The Bertz CT molecular complexity index is 1610. The third-order valence-corrected chi connectivity index (χ3v) is 14.0. The summed E-state index contributed by atoms with van der Waals surface area (Å²) in [5.41, 5.74) is 8.01. The molecule has 10 fully saturated rings. The van der Waals surface area contributed by atoms with E-state index in [4.69, 9.17) is 52.9 Å². The number of hydrogen-bond acceptors (Lipinski definition) is 14. The number of ether oxygens (including phenoxy) is 9. The van der Waals surface area contributed by atoms with Crippen molar-refractivity contribution in [3.8, 4) is 0 Å². The molecule has 10 saturated heterocycles. The van der Waals surface area contributed by atoms with Crippen molar-refractivity contribution in [3.63, 3.8) is 0 Å². The van der Waals surface area contributed by atoms with Gasteiger partial charge in [0.15, 0.2) is 5.79 Å². The highest BCUT2D eigenvalue weighted by atomic mass is 32.2. The molecule has 330 valence electrons. The molecule has 0 amide bonds. The highest BCUT2D eigenvalue weighted by Crippen LogP contribution is 2.54. The van der Waals surface area contributed by atoms with Crippen LogP contribution in [0, 0.1) is 11.8 Å². The summed E-state index contributed by atoms with van der Waals surface area (Å²) in [5, 5.41) is 10.5. The van der Waals surface area contributed by atoms with E-state index < -0.39 is 28.1 Å². The van der Waals surface area contributed by atoms with E-state index in [0.29, 0.717) is 31.9 Å². The molecule has 4 N–H and O–H groups in total. The molecule has 0 unspecified atom stereocenters. The Morgan fingerprint density at radius 2 is 1.50 bits per heavy atom. The van der Waals surface area contributed by atoms with Crippen molar-refractivity contribution >= 4 is 15.9 Å². The van der Waals surface area contributed by atoms with Crippen molar-refractivity contribution in [2.75, 3.05) is 19.9 Å². The summed E-state index contributed by atoms with van der Waals surface area (Å²) in [5.74, 6) is -0.619. The number of nitrogens with two attached hydrogens (primary N) is 1. The SMILES string of the molecule is C.C=C1C[C@@H]2CC[C@@]34C[C@H]5O[C@H]6[C@@H](O3)[C@H]3O[C@H](CC[C@@H]3O[C@H]6[C@H]5O4)CC(=O)C[C@@H]3[C@@H](OC)[C@@H](C[C@H](O)CN)O[C@H]3C[C@H]3O[C@@H](CC[C@@H]1O2)C[C@@H](C)C3=C.CS(=O)(=O)O. The van der Waals surface area contributed by atoms with E-state index >= 15 is 0 Å². The quantitative estimate of drug-likeness (QED) is 0.274. The molecule has 58 heavy (non-hydrogen) atoms. The Morgan fingerprint density at radius 3 is 2.24 bits per heavy atom. The minimum Gasteiger partial charge on any atom is -0.392 e. The smallest absolute Gasteiger partial charge is 0.261 e. The topological polar surface area (TPSA) is 201 Å². The van der Waals surface area contributed by atoms with Gasteiger partial charge < -0.3 is 53.5 Å². The molecule has 15 nitrogen and oxygen atoms in total. The van der Waals surface area contributed by atoms with Crippen molar-refractivity contribution in [1.82, 2.24) is 0 Å². The number of aliphatic hydroxyl groups is 1. The fourth-order valence-corrected chi connectivity index (χ4v) is 11.3. The van der Waals surface area contributed by atoms with E-state index in [9.17, 15) is 18.3 Å². The van der Waals surface area contributed by atoms with Crippen LogP contribution in [0.4, 0.5) is 0 Å². The summed E-state index contributed by atoms with van der Waals surface area (Å²) in [4.78, 5) is 14.1. The lowest BCUT2D eigenvalue weighted by atomic mass is 9.81. The monoisotopic (exact) mass is 841 g/mol. The molecule has 12 bridgehead atoms. The first-order chi connectivity index (χ1) is 27.1. The predicted octanol–water partition coefficient (Wildman–Crippen LogP) is 3.58. The number of carbonyl (C=O) groups excluding carboxylic acids is 1. The lowest BCUT2D eigenvalue weighted by molar-refractivity contribution is -0.292. The Morgan fingerprint density at radius 1 is 0.828 bits per heavy atom. The lowest BCUT2D eigenvalue weighted by Gasteiger charge is -2.47. The molecule has 0 aromatic rings. The highest BCUT2D eigenvalue weighted by molar-refractivity contribution is 7.85. The third-order valence-electron chi connectivity index (χ3n) is 14.0. The van der Waals surface area contributed by atoms with E-state index in [1.807, 2.05) is 0 Å². The predicted molar refractivity (Wildman–Crippen MR) is 210 cm³/mol. The van der Waals surface area contributed by atoms with Gasteiger partial charge in [-0.05, 0) is 62.0 Å². The maximum Gasteiger partial charge on any atom is 0.261 e. The Kier molecular flexibility index (Phi) is 13.7. The van der Waals surface area contributed by atoms with Crippen molar-refractivity contribution in [2.45, 2.75) is 201 Å². The van der Waals surface area contributed by atoms with Gasteiger partial charge in [-0.1, -0.05) is 27.5 Å². The zero-order valence-electron chi connectivity index (χ0n) is 33.5. The molecule has 10 heterocycles. The second-order valence-electron chi connectivity index (χ2n) is 18.2. The van der Waals surface area contributed by atoms with Gasteiger partial charge in [-0.25, -0.2) is 0 Å². The summed E-state index contributed by atoms with van der Waals surface area (Å²) >= 11 is 0. The van der Waals surface area contributed by atoms with Gasteiger partial charge in [-0.15, -0.1) is 0 Å². The number of rotatable bonds is 4. The van der Waals surface area contributed by atoms with Gasteiger partial charge >= 0.3 is 0 Å². The number of aliphatic hydroxyl groups excluding tert-OH is 1. The van der Waals surface area contributed by atoms with Crippen molar-refractivity contribution in [2.24, 2.45) is 17.6 Å². The van der Waals surface area contributed by atoms with Gasteiger partial charge in [-0.3, -0.25) is 9.35 Å². The molecule has 0 aromatic heterocycles. The van der Waals surface area contributed by atoms with Crippen LogP contribution >= 0.6 is 0 Å². The summed E-state index contributed by atoms with van der Waals surface area (Å²) in [6, 6.07) is 0. The van der Waals surface area contributed by atoms with Crippen LogP contribution in [0.5, 0.6) is 0 Å². The second-order valence-corrected chi connectivity index (χ2v) is 19.6. The zero-order chi connectivity index (χ0) is 40.4. The Labute approximate surface area is 343 Å². The first kappa shape index (κ1) is 44.7. The van der Waals surface area contributed by atoms with Gasteiger partial charge in [-0.2, -0.15) is 8.42 Å². The second kappa shape index (κ2) is 17.8. The number of methoxy groups -OCH3 is 1. The van der Waals surface area contributed by atoms with Crippen LogP contribution < -0.4 is 5.73 Å². The van der Waals surface area contributed by atoms with E-state index in [0.717, 1.165) is 56.1 Å². The average molecular weight is 842 g/mol. The maximum absolute atomic E-state index is 14.1. The van der Waals surface area contributed by atoms with Crippen LogP contribution in [0.2, 0.25) is 0 Å². The lowest BCUT2D eigenvalue weighted by Crippen LogP contribution is -2.61. The normalized spacial score (nSPS) is 48.0. The number of fused-ring (bicyclic) bond motifs is 6. The van der Waals surface area contributed by atoms with Crippen LogP contribution in [-0.2, 0) is 57.5 Å². The molecule has 19 atom stereocenters. The van der Waals surface area contributed by atoms with Gasteiger partial charge in [0.25, 0.3) is 10.1 Å². The average Bonchev–Trinajstić information content (AvgIpc) is 3.82. The first-order valence-electron chi connectivity index (χ1n) is 21.1. The minimum atomic E-state index is -3.67. The van der Waals surface area contributed by atoms with Gasteiger partial charge in [0.1, 0.15) is 36.3 Å². The zero-order valence-corrected chi connectivity index (χ0v) is 34.3. The van der Waals surface area contributed by atoms with E-state index in [-0.39, 0.29) is 130 Å². The molecule has 0 aromatic carbocycles. The molecule has 0 saturated carbocycles. The summed E-state index contributed by atoms with van der Waals surface area (Å²) in [6.07, 6.45) is 5.57. The Hall–Kier alpha value is -1.38. The van der Waals surface area contributed by atoms with Crippen LogP contribution in [0.3, 0.4) is 0 Å². The molecule has 10 aliphatic rings. The fourth-order valence-electron chi connectivity index (χ4n) is 11.3. The van der Waals surface area contributed by atoms with Gasteiger partial charge in [0.2, 0.25) is 0 Å². The number of carbonyl (C=O) groups is 1. The van der Waals surface area contributed by atoms with Gasteiger partial charge in [0.05, 0.1) is 73.4 Å². The van der Waals surface area contributed by atoms with Crippen LogP contribution in [0.25, 0.3) is 0 Å². The van der Waals surface area contributed by atoms with E-state index in [2.05, 4.69) is 20.1 Å². The molecule has 1 spiro atoms. The first-order valence-corrected chi connectivity index (χ1v) is 22.9. The molecular formula is C42H67NO14S. The van der Waals surface area contributed by atoms with Crippen molar-refractivity contribution < 1.29 is 65.5 Å². The van der Waals surface area contributed by atoms with Crippen molar-refractivity contribution in [3.05, 3.63) is 24.3 Å². The molecule has 16 heteroatoms. The van der Waals surface area contributed by atoms with E-state index in [1.165, 1.54) is 0 Å². The molecule has 10 rings (SSSR count). The van der Waals surface area contributed by atoms with Crippen LogP contribution in [-0.4, -0.2) is 147 Å². The number of hydrogen-bond donors (Lipinski definition) is 3. The summed E-state index contributed by atoms with van der Waals surface area (Å²) in [6.45, 7) is 11.3. The van der Waals surface area contributed by atoms with Gasteiger partial charge in [0, 0.05) is 58.1 Å². The Balaban J connectivity index is 0.000000806. The fraction of sp³-hybridized carbons (Fsp3) is 0.881.